The first-order valence-corrected chi connectivity index (χ1v) is 6.27. The third kappa shape index (κ3) is 1.68. The molecule has 0 amide bonds. The van der Waals surface area contributed by atoms with Gasteiger partial charge in [0.15, 0.2) is 0 Å². The minimum atomic E-state index is 0.486. The average Bonchev–Trinajstić information content (AvgIpc) is 2.35. The van der Waals surface area contributed by atoms with Crippen molar-refractivity contribution in [3.63, 3.8) is 0 Å². The summed E-state index contributed by atoms with van der Waals surface area (Å²) in [4.78, 5) is 0. The van der Waals surface area contributed by atoms with Gasteiger partial charge in [-0.15, -0.1) is 0 Å². The minimum absolute atomic E-state index is 0.486. The van der Waals surface area contributed by atoms with Gasteiger partial charge in [0, 0.05) is 10.8 Å². The van der Waals surface area contributed by atoms with Crippen LogP contribution in [0.4, 0.5) is 0 Å². The van der Waals surface area contributed by atoms with Gasteiger partial charge in [0.05, 0.1) is 15.1 Å². The normalized spacial score (nSPS) is 11.2. The van der Waals surface area contributed by atoms with E-state index in [9.17, 15) is 0 Å². The maximum Gasteiger partial charge on any atom is 0.0671 e. The second kappa shape index (κ2) is 4.06. The Morgan fingerprint density at radius 2 is 1.47 bits per heavy atom. The predicted octanol–water partition coefficient (Wildman–Crippen LogP) is 5.95. The van der Waals surface area contributed by atoms with Crippen molar-refractivity contribution in [3.8, 4) is 0 Å². The number of fused-ring (bicyclic) bond motifs is 3. The number of hydrogen-bond acceptors (Lipinski definition) is 0. The van der Waals surface area contributed by atoms with Crippen LogP contribution in [0, 0.1) is 0 Å². The van der Waals surface area contributed by atoms with Crippen molar-refractivity contribution in [3.05, 3.63) is 57.5 Å². The summed E-state index contributed by atoms with van der Waals surface area (Å²) >= 11 is 18.5. The topological polar surface area (TPSA) is 0 Å². The van der Waals surface area contributed by atoms with Crippen LogP contribution < -0.4 is 0 Å². The van der Waals surface area contributed by atoms with E-state index in [1.165, 1.54) is 0 Å². The summed E-state index contributed by atoms with van der Waals surface area (Å²) in [6.07, 6.45) is 0. The first-order valence-electron chi connectivity index (χ1n) is 5.13. The highest BCUT2D eigenvalue weighted by atomic mass is 35.5. The van der Waals surface area contributed by atoms with Gasteiger partial charge >= 0.3 is 0 Å². The zero-order valence-electron chi connectivity index (χ0n) is 8.68. The summed E-state index contributed by atoms with van der Waals surface area (Å²) in [5.74, 6) is 0. The van der Waals surface area contributed by atoms with Gasteiger partial charge in [-0.25, -0.2) is 0 Å². The molecule has 0 bridgehead atoms. The standard InChI is InChI=1S/C14H7Cl3/c15-11-7-12(16)14(17)10-6-5-8-3-1-2-4-9(8)13(10)11/h1-7H. The van der Waals surface area contributed by atoms with Gasteiger partial charge in [-0.1, -0.05) is 71.2 Å². The highest BCUT2D eigenvalue weighted by Gasteiger charge is 2.10. The second-order valence-electron chi connectivity index (χ2n) is 3.86. The highest BCUT2D eigenvalue weighted by molar-refractivity contribution is 6.49. The third-order valence-electron chi connectivity index (χ3n) is 2.87. The zero-order chi connectivity index (χ0) is 12.0. The number of rotatable bonds is 0. The monoisotopic (exact) mass is 280 g/mol. The van der Waals surface area contributed by atoms with E-state index in [-0.39, 0.29) is 0 Å². The molecule has 3 rings (SSSR count). The van der Waals surface area contributed by atoms with Gasteiger partial charge in [0.25, 0.3) is 0 Å². The molecule has 0 aliphatic heterocycles. The van der Waals surface area contributed by atoms with E-state index in [2.05, 4.69) is 0 Å². The van der Waals surface area contributed by atoms with Crippen LogP contribution in [-0.2, 0) is 0 Å². The zero-order valence-corrected chi connectivity index (χ0v) is 10.9. The van der Waals surface area contributed by atoms with E-state index in [0.29, 0.717) is 15.1 Å². The molecule has 0 radical (unpaired) electrons. The molecule has 0 saturated heterocycles. The molecular weight excluding hydrogens is 275 g/mol. The summed E-state index contributed by atoms with van der Waals surface area (Å²) in [6.45, 7) is 0. The molecule has 0 saturated carbocycles. The van der Waals surface area contributed by atoms with E-state index >= 15 is 0 Å². The van der Waals surface area contributed by atoms with E-state index in [0.717, 1.165) is 21.5 Å². The predicted molar refractivity (Wildman–Crippen MR) is 76.5 cm³/mol. The quantitative estimate of drug-likeness (QED) is 0.352. The number of hydrogen-bond donors (Lipinski definition) is 0. The first-order chi connectivity index (χ1) is 8.18. The van der Waals surface area contributed by atoms with Gasteiger partial charge in [0.1, 0.15) is 0 Å². The van der Waals surface area contributed by atoms with Crippen molar-refractivity contribution in [2.75, 3.05) is 0 Å². The van der Waals surface area contributed by atoms with Crippen molar-refractivity contribution in [1.82, 2.24) is 0 Å². The lowest BCUT2D eigenvalue weighted by molar-refractivity contribution is 1.76. The fraction of sp³-hybridized carbons (Fsp3) is 0. The maximum absolute atomic E-state index is 6.27. The van der Waals surface area contributed by atoms with Crippen molar-refractivity contribution in [2.24, 2.45) is 0 Å². The Morgan fingerprint density at radius 3 is 2.29 bits per heavy atom. The van der Waals surface area contributed by atoms with Gasteiger partial charge in [0.2, 0.25) is 0 Å². The Labute approximate surface area is 114 Å². The molecule has 0 heterocycles. The van der Waals surface area contributed by atoms with Crippen LogP contribution in [0.3, 0.4) is 0 Å². The average molecular weight is 282 g/mol. The third-order valence-corrected chi connectivity index (χ3v) is 3.97. The van der Waals surface area contributed by atoms with Gasteiger partial charge in [-0.2, -0.15) is 0 Å². The van der Waals surface area contributed by atoms with Crippen molar-refractivity contribution < 1.29 is 0 Å². The molecule has 3 aromatic rings. The highest BCUT2D eigenvalue weighted by Crippen LogP contribution is 2.39. The molecule has 0 spiro atoms. The Balaban J connectivity index is 2.63. The summed E-state index contributed by atoms with van der Waals surface area (Å²) in [5, 5.41) is 5.75. The smallest absolute Gasteiger partial charge is 0.0671 e. The van der Waals surface area contributed by atoms with Crippen LogP contribution in [0.25, 0.3) is 21.5 Å². The van der Waals surface area contributed by atoms with Gasteiger partial charge < -0.3 is 0 Å². The van der Waals surface area contributed by atoms with E-state index < -0.39 is 0 Å². The van der Waals surface area contributed by atoms with Gasteiger partial charge in [-0.3, -0.25) is 0 Å². The molecule has 3 heteroatoms. The Bertz CT molecular complexity index is 732. The molecule has 0 atom stereocenters. The van der Waals surface area contributed by atoms with Crippen molar-refractivity contribution in [2.45, 2.75) is 0 Å². The molecule has 0 unspecified atom stereocenters. The van der Waals surface area contributed by atoms with Crippen LogP contribution in [0.15, 0.2) is 42.5 Å². The van der Waals surface area contributed by atoms with Crippen LogP contribution in [-0.4, -0.2) is 0 Å². The lowest BCUT2D eigenvalue weighted by Crippen LogP contribution is -1.81. The van der Waals surface area contributed by atoms with E-state index in [1.54, 1.807) is 6.07 Å². The summed E-state index contributed by atoms with van der Waals surface area (Å²) in [6, 6.07) is 13.7. The lowest BCUT2D eigenvalue weighted by Gasteiger charge is -2.08. The molecule has 0 N–H and O–H groups in total. The molecule has 0 aliphatic carbocycles. The fourth-order valence-electron chi connectivity index (χ4n) is 2.09. The van der Waals surface area contributed by atoms with Crippen LogP contribution in [0.2, 0.25) is 15.1 Å². The number of halogens is 3. The van der Waals surface area contributed by atoms with E-state index in [1.807, 2.05) is 36.4 Å². The Morgan fingerprint density at radius 1 is 0.706 bits per heavy atom. The fourth-order valence-corrected chi connectivity index (χ4v) is 2.88. The SMILES string of the molecule is Clc1cc(Cl)c2c(ccc3ccccc32)c1Cl. The van der Waals surface area contributed by atoms with Crippen LogP contribution >= 0.6 is 34.8 Å². The molecule has 0 nitrogen and oxygen atoms in total. The van der Waals surface area contributed by atoms with Crippen LogP contribution in [0.5, 0.6) is 0 Å². The summed E-state index contributed by atoms with van der Waals surface area (Å²) in [5.41, 5.74) is 0. The Hall–Kier alpha value is -0.950. The lowest BCUT2D eigenvalue weighted by atomic mass is 10.0. The summed E-state index contributed by atoms with van der Waals surface area (Å²) < 4.78 is 0. The second-order valence-corrected chi connectivity index (χ2v) is 5.06. The van der Waals surface area contributed by atoms with Crippen LogP contribution in [0.1, 0.15) is 0 Å². The molecule has 84 valence electrons. The number of benzene rings is 3. The maximum atomic E-state index is 6.27. The van der Waals surface area contributed by atoms with Crippen molar-refractivity contribution >= 4 is 56.3 Å². The minimum Gasteiger partial charge on any atom is -0.0836 e. The van der Waals surface area contributed by atoms with Gasteiger partial charge in [-0.05, 0) is 16.8 Å². The molecule has 17 heavy (non-hydrogen) atoms. The molecular formula is C14H7Cl3. The summed E-state index contributed by atoms with van der Waals surface area (Å²) in [7, 11) is 0. The molecule has 3 aromatic carbocycles. The largest absolute Gasteiger partial charge is 0.0836 e. The molecule has 0 aromatic heterocycles. The molecule has 0 aliphatic rings. The first kappa shape index (κ1) is 11.2. The van der Waals surface area contributed by atoms with E-state index in [4.69, 9.17) is 34.8 Å². The van der Waals surface area contributed by atoms with Crippen molar-refractivity contribution in [1.29, 1.82) is 0 Å². The molecule has 0 fully saturated rings. The Kier molecular flexibility index (Phi) is 2.67.